The first-order chi connectivity index (χ1) is 8.61. The monoisotopic (exact) mass is 242 g/mol. The molecule has 4 nitrogen and oxygen atoms in total. The number of nitrogens with two attached hydrogens (primary N) is 1. The van der Waals surface area contributed by atoms with Gasteiger partial charge in [-0.1, -0.05) is 48.5 Å². The third kappa shape index (κ3) is 4.49. The van der Waals surface area contributed by atoms with Crippen LogP contribution in [0.2, 0.25) is 0 Å². The van der Waals surface area contributed by atoms with E-state index in [1.54, 1.807) is 30.3 Å². The molecule has 92 valence electrons. The predicted molar refractivity (Wildman–Crippen MR) is 70.9 cm³/mol. The molecule has 0 aromatic heterocycles. The Morgan fingerprint density at radius 2 is 1.28 bits per heavy atom. The lowest BCUT2D eigenvalue weighted by Gasteiger charge is -1.93. The Morgan fingerprint density at radius 1 is 0.889 bits per heavy atom. The van der Waals surface area contributed by atoms with E-state index in [1.165, 1.54) is 0 Å². The van der Waals surface area contributed by atoms with Crippen molar-refractivity contribution in [3.63, 3.8) is 0 Å². The minimum Gasteiger partial charge on any atom is -0.478 e. The fraction of sp³-hybridized carbons (Fsp3) is 0. The molecule has 0 saturated carbocycles. The van der Waals surface area contributed by atoms with Gasteiger partial charge in [0.2, 0.25) is 0 Å². The maximum atomic E-state index is 10.2. The topological polar surface area (TPSA) is 87.2 Å². The summed E-state index contributed by atoms with van der Waals surface area (Å²) in [6.45, 7) is 0. The van der Waals surface area contributed by atoms with Crippen molar-refractivity contribution >= 4 is 11.8 Å². The lowest BCUT2D eigenvalue weighted by molar-refractivity contribution is 0.0697. The molecule has 0 fully saturated rings. The van der Waals surface area contributed by atoms with E-state index in [9.17, 15) is 4.79 Å². The first kappa shape index (κ1) is 13.4. The second-order valence-corrected chi connectivity index (χ2v) is 3.45. The van der Waals surface area contributed by atoms with E-state index in [2.05, 4.69) is 0 Å². The van der Waals surface area contributed by atoms with Gasteiger partial charge in [-0.2, -0.15) is 0 Å². The van der Waals surface area contributed by atoms with Gasteiger partial charge in [0.25, 0.3) is 0 Å². The van der Waals surface area contributed by atoms with Gasteiger partial charge in [-0.3, -0.25) is 5.41 Å². The van der Waals surface area contributed by atoms with Gasteiger partial charge in [-0.25, -0.2) is 4.79 Å². The smallest absolute Gasteiger partial charge is 0.335 e. The van der Waals surface area contributed by atoms with Crippen LogP contribution in [0, 0.1) is 5.41 Å². The molecule has 18 heavy (non-hydrogen) atoms. The number of rotatable bonds is 2. The Kier molecular flexibility index (Phi) is 5.12. The van der Waals surface area contributed by atoms with Crippen molar-refractivity contribution in [1.29, 1.82) is 5.41 Å². The molecule has 0 radical (unpaired) electrons. The quantitative estimate of drug-likeness (QED) is 0.558. The molecule has 2 rings (SSSR count). The zero-order chi connectivity index (χ0) is 13.4. The van der Waals surface area contributed by atoms with Crippen LogP contribution in [0.1, 0.15) is 15.9 Å². The molecule has 4 N–H and O–H groups in total. The fourth-order valence-electron chi connectivity index (χ4n) is 1.20. The van der Waals surface area contributed by atoms with Crippen LogP contribution in [0.5, 0.6) is 0 Å². The van der Waals surface area contributed by atoms with E-state index in [0.717, 1.165) is 5.56 Å². The number of carboxylic acid groups (broad SMARTS) is 1. The van der Waals surface area contributed by atoms with Crippen molar-refractivity contribution in [3.8, 4) is 0 Å². The number of nitrogens with one attached hydrogen (secondary N) is 1. The predicted octanol–water partition coefficient (Wildman–Crippen LogP) is 2.36. The molecule has 2 aromatic rings. The van der Waals surface area contributed by atoms with Gasteiger partial charge in [0.1, 0.15) is 5.84 Å². The summed E-state index contributed by atoms with van der Waals surface area (Å²) < 4.78 is 0. The molecule has 0 saturated heterocycles. The van der Waals surface area contributed by atoms with Crippen LogP contribution in [0.3, 0.4) is 0 Å². The van der Waals surface area contributed by atoms with Crippen LogP contribution in [0.15, 0.2) is 60.7 Å². The Hall–Kier alpha value is -2.62. The molecule has 0 amide bonds. The Bertz CT molecular complexity index is 460. The molecular weight excluding hydrogens is 228 g/mol. The van der Waals surface area contributed by atoms with Gasteiger partial charge in [0, 0.05) is 5.56 Å². The molecule has 0 unspecified atom stereocenters. The molecule has 0 spiro atoms. The molecule has 0 atom stereocenters. The molecule has 0 aliphatic rings. The second-order valence-electron chi connectivity index (χ2n) is 3.45. The highest BCUT2D eigenvalue weighted by atomic mass is 16.4. The van der Waals surface area contributed by atoms with E-state index in [-0.39, 0.29) is 5.84 Å². The van der Waals surface area contributed by atoms with Gasteiger partial charge in [0.05, 0.1) is 5.56 Å². The van der Waals surface area contributed by atoms with Crippen LogP contribution in [-0.2, 0) is 0 Å². The molecule has 2 aromatic carbocycles. The summed E-state index contributed by atoms with van der Waals surface area (Å²) >= 11 is 0. The first-order valence-electron chi connectivity index (χ1n) is 5.29. The first-order valence-corrected chi connectivity index (χ1v) is 5.29. The van der Waals surface area contributed by atoms with Gasteiger partial charge in [-0.15, -0.1) is 0 Å². The van der Waals surface area contributed by atoms with Crippen LogP contribution in [0.25, 0.3) is 0 Å². The third-order valence-electron chi connectivity index (χ3n) is 2.11. The van der Waals surface area contributed by atoms with Crippen molar-refractivity contribution in [2.75, 3.05) is 0 Å². The molecule has 0 aliphatic heterocycles. The maximum Gasteiger partial charge on any atom is 0.335 e. The molecule has 0 heterocycles. The maximum absolute atomic E-state index is 10.2. The zero-order valence-corrected chi connectivity index (χ0v) is 9.71. The SMILES string of the molecule is N=C(N)c1ccccc1.O=C(O)c1ccccc1. The Balaban J connectivity index is 0.000000180. The number of benzene rings is 2. The van der Waals surface area contributed by atoms with E-state index in [1.807, 2.05) is 30.3 Å². The number of hydrogen-bond acceptors (Lipinski definition) is 2. The fourth-order valence-corrected chi connectivity index (χ4v) is 1.20. The number of nitrogen functional groups attached to an aromatic ring is 1. The van der Waals surface area contributed by atoms with Crippen LogP contribution in [0.4, 0.5) is 0 Å². The average molecular weight is 242 g/mol. The summed E-state index contributed by atoms with van der Waals surface area (Å²) in [5, 5.41) is 15.4. The summed E-state index contributed by atoms with van der Waals surface area (Å²) in [7, 11) is 0. The molecule has 4 heteroatoms. The summed E-state index contributed by atoms with van der Waals surface area (Å²) in [6.07, 6.45) is 0. The lowest BCUT2D eigenvalue weighted by atomic mass is 10.2. The molecular formula is C14H14N2O2. The van der Waals surface area contributed by atoms with Gasteiger partial charge in [0.15, 0.2) is 0 Å². The number of aromatic carboxylic acids is 1. The third-order valence-corrected chi connectivity index (χ3v) is 2.11. The van der Waals surface area contributed by atoms with Crippen molar-refractivity contribution in [2.45, 2.75) is 0 Å². The van der Waals surface area contributed by atoms with Crippen molar-refractivity contribution in [1.82, 2.24) is 0 Å². The Labute approximate surface area is 105 Å². The molecule has 0 aliphatic carbocycles. The standard InChI is InChI=1S/C7H8N2.C7H6O2/c2*8-7(9)6-4-2-1-3-5-6/h1-5H,(H3,8,9);1-5H,(H,8,9). The highest BCUT2D eigenvalue weighted by Crippen LogP contribution is 1.96. The highest BCUT2D eigenvalue weighted by Gasteiger charge is 1.96. The van der Waals surface area contributed by atoms with Gasteiger partial charge < -0.3 is 10.8 Å². The molecule has 0 bridgehead atoms. The summed E-state index contributed by atoms with van der Waals surface area (Å²) in [5.41, 5.74) is 6.30. The summed E-state index contributed by atoms with van der Waals surface area (Å²) in [5.74, 6) is -0.758. The minimum absolute atomic E-state index is 0.121. The zero-order valence-electron chi connectivity index (χ0n) is 9.71. The number of carboxylic acids is 1. The van der Waals surface area contributed by atoms with Crippen LogP contribution in [-0.4, -0.2) is 16.9 Å². The highest BCUT2D eigenvalue weighted by molar-refractivity contribution is 5.94. The van der Waals surface area contributed by atoms with Crippen molar-refractivity contribution < 1.29 is 9.90 Å². The normalized spacial score (nSPS) is 8.89. The van der Waals surface area contributed by atoms with Crippen molar-refractivity contribution in [3.05, 3.63) is 71.8 Å². The van der Waals surface area contributed by atoms with E-state index < -0.39 is 5.97 Å². The van der Waals surface area contributed by atoms with Gasteiger partial charge >= 0.3 is 5.97 Å². The van der Waals surface area contributed by atoms with Gasteiger partial charge in [-0.05, 0) is 12.1 Å². The minimum atomic E-state index is -0.879. The van der Waals surface area contributed by atoms with E-state index >= 15 is 0 Å². The average Bonchev–Trinajstić information content (AvgIpc) is 2.41. The van der Waals surface area contributed by atoms with E-state index in [0.29, 0.717) is 5.56 Å². The van der Waals surface area contributed by atoms with Crippen LogP contribution >= 0.6 is 0 Å². The lowest BCUT2D eigenvalue weighted by Crippen LogP contribution is -2.10. The number of hydrogen-bond donors (Lipinski definition) is 3. The summed E-state index contributed by atoms with van der Waals surface area (Å²) in [4.78, 5) is 10.2. The number of amidine groups is 1. The van der Waals surface area contributed by atoms with Crippen LogP contribution < -0.4 is 5.73 Å². The number of carbonyl (C=O) groups is 1. The largest absolute Gasteiger partial charge is 0.478 e. The summed E-state index contributed by atoms with van der Waals surface area (Å²) in [6, 6.07) is 17.5. The second kappa shape index (κ2) is 6.85. The Morgan fingerprint density at radius 3 is 1.50 bits per heavy atom. The van der Waals surface area contributed by atoms with E-state index in [4.69, 9.17) is 16.2 Å². The van der Waals surface area contributed by atoms with Crippen molar-refractivity contribution in [2.24, 2.45) is 5.73 Å².